The second-order valence-electron chi connectivity index (χ2n) is 15.2. The number of benzene rings is 2. The maximum atomic E-state index is 14.7. The van der Waals surface area contributed by atoms with E-state index in [1.807, 2.05) is 42.6 Å². The van der Waals surface area contributed by atoms with Crippen LogP contribution in [0.3, 0.4) is 0 Å². The van der Waals surface area contributed by atoms with Crippen molar-refractivity contribution in [2.75, 3.05) is 60.8 Å². The number of pyridine rings is 4. The number of halogens is 2. The highest BCUT2D eigenvalue weighted by atomic mass is 19.1. The Morgan fingerprint density at radius 2 is 1.33 bits per heavy atom. The van der Waals surface area contributed by atoms with Crippen molar-refractivity contribution in [3.8, 4) is 44.8 Å². The lowest BCUT2D eigenvalue weighted by atomic mass is 10.0. The number of hydrogen-bond donors (Lipinski definition) is 6. The SMILES string of the molecule is CCOC(=O)Nc1nc2c(-c3ncccc3F)cc(-c3cnc(NCc4ccccn4)nc3)cc2[nH]1.CNC(=O)Nc1nc2c(-c3ncccc3F)cc(-c3cncc(N4CCOCC4)c3)cc2[nH]1. The number of fused-ring (bicyclic) bond motifs is 2. The Balaban J connectivity index is 0.000000172. The Kier molecular flexibility index (Phi) is 13.5. The largest absolute Gasteiger partial charge is 0.450 e. The Morgan fingerprint density at radius 1 is 0.710 bits per heavy atom. The minimum Gasteiger partial charge on any atom is -0.450 e. The highest BCUT2D eigenvalue weighted by Crippen LogP contribution is 2.36. The van der Waals surface area contributed by atoms with Gasteiger partial charge in [-0.05, 0) is 84.8 Å². The predicted molar refractivity (Wildman–Crippen MR) is 256 cm³/mol. The van der Waals surface area contributed by atoms with E-state index in [0.717, 1.165) is 35.6 Å². The molecule has 2 aromatic carbocycles. The van der Waals surface area contributed by atoms with Gasteiger partial charge in [0.25, 0.3) is 0 Å². The number of rotatable bonds is 11. The molecule has 348 valence electrons. The summed E-state index contributed by atoms with van der Waals surface area (Å²) in [6.45, 7) is 5.34. The predicted octanol–water partition coefficient (Wildman–Crippen LogP) is 8.21. The van der Waals surface area contributed by atoms with Gasteiger partial charge in [-0.15, -0.1) is 0 Å². The van der Waals surface area contributed by atoms with E-state index in [1.165, 1.54) is 37.6 Å². The number of carbonyl (C=O) groups excluding carboxylic acids is 2. The zero-order valence-corrected chi connectivity index (χ0v) is 37.1. The molecule has 0 bridgehead atoms. The lowest BCUT2D eigenvalue weighted by molar-refractivity contribution is 0.122. The molecule has 6 N–H and O–H groups in total. The molecule has 69 heavy (non-hydrogen) atoms. The van der Waals surface area contributed by atoms with Gasteiger partial charge in [-0.3, -0.25) is 30.6 Å². The number of urea groups is 1. The second kappa shape index (κ2) is 20.7. The number of nitrogens with one attached hydrogen (secondary N) is 6. The number of nitrogens with zero attached hydrogens (tertiary/aromatic N) is 9. The minimum atomic E-state index is -0.649. The fourth-order valence-electron chi connectivity index (χ4n) is 7.47. The first-order valence-electron chi connectivity index (χ1n) is 21.7. The van der Waals surface area contributed by atoms with Crippen LogP contribution in [0.15, 0.2) is 116 Å². The van der Waals surface area contributed by atoms with E-state index >= 15 is 0 Å². The Labute approximate surface area is 392 Å². The first-order valence-corrected chi connectivity index (χ1v) is 21.7. The van der Waals surface area contributed by atoms with Gasteiger partial charge in [-0.25, -0.2) is 38.3 Å². The van der Waals surface area contributed by atoms with Gasteiger partial charge in [0.1, 0.15) is 34.1 Å². The highest BCUT2D eigenvalue weighted by molar-refractivity contribution is 5.99. The standard InChI is InChI=1S/C25H21FN8O2.C23H22FN7O2/c1-2-36-25(35)34-24-32-20-11-15(10-18(22(20)33-24)21-19(26)7-5-9-28-21)16-12-29-23(30-13-16)31-14-17-6-3-4-8-27-17;1-25-23(32)30-22-28-19-11-14(10-17(21(19)29-22)20-18(24)3-2-4-27-20)15-9-16(13-26-12-15)31-5-7-33-8-6-31/h3-13H,2,14H2,1H3,(H,29,30,31)(H2,32,33,34,35);2-4,9-13H,5-8H2,1H3,(H3,25,28,29,30,32). The fraction of sp³-hybridized carbons (Fsp3) is 0.167. The number of anilines is 4. The molecule has 19 nitrogen and oxygen atoms in total. The molecule has 0 saturated carbocycles. The quantitative estimate of drug-likeness (QED) is 0.0717. The first-order chi connectivity index (χ1) is 33.7. The van der Waals surface area contributed by atoms with Gasteiger partial charge >= 0.3 is 12.1 Å². The molecule has 0 aliphatic carbocycles. The van der Waals surface area contributed by atoms with Crippen molar-refractivity contribution in [2.24, 2.45) is 0 Å². The van der Waals surface area contributed by atoms with Gasteiger partial charge in [0.05, 0.1) is 55.0 Å². The molecule has 1 saturated heterocycles. The van der Waals surface area contributed by atoms with Crippen LogP contribution < -0.4 is 26.2 Å². The topological polar surface area (TPSA) is 239 Å². The number of H-pyrrole nitrogens is 2. The molecule has 7 aromatic heterocycles. The van der Waals surface area contributed by atoms with Crippen molar-refractivity contribution in [3.05, 3.63) is 134 Å². The number of imidazole rings is 2. The van der Waals surface area contributed by atoms with Crippen molar-refractivity contribution in [1.82, 2.24) is 55.2 Å². The van der Waals surface area contributed by atoms with Gasteiger partial charge < -0.3 is 35.0 Å². The molecule has 1 fully saturated rings. The normalized spacial score (nSPS) is 12.3. The zero-order valence-electron chi connectivity index (χ0n) is 37.1. The highest BCUT2D eigenvalue weighted by Gasteiger charge is 2.20. The summed E-state index contributed by atoms with van der Waals surface area (Å²) in [5.74, 6) is -0.0872. The number of ether oxygens (including phenoxy) is 2. The molecule has 1 aliphatic rings. The van der Waals surface area contributed by atoms with E-state index in [4.69, 9.17) is 9.47 Å². The monoisotopic (exact) mass is 931 g/mol. The number of aromatic amines is 2. The third-order valence-electron chi connectivity index (χ3n) is 10.7. The van der Waals surface area contributed by atoms with E-state index in [0.29, 0.717) is 70.0 Å². The van der Waals surface area contributed by atoms with Crippen LogP contribution in [0.4, 0.5) is 41.9 Å². The zero-order chi connectivity index (χ0) is 47.7. The molecule has 3 amide bonds. The van der Waals surface area contributed by atoms with Crippen LogP contribution in [0.2, 0.25) is 0 Å². The first kappa shape index (κ1) is 45.2. The van der Waals surface area contributed by atoms with Crippen LogP contribution in [-0.4, -0.2) is 102 Å². The van der Waals surface area contributed by atoms with Gasteiger partial charge in [-0.1, -0.05) is 6.07 Å². The smallest absolute Gasteiger partial charge is 0.413 e. The van der Waals surface area contributed by atoms with E-state index in [9.17, 15) is 18.4 Å². The molecule has 0 atom stereocenters. The van der Waals surface area contributed by atoms with Crippen LogP contribution in [0.25, 0.3) is 66.8 Å². The van der Waals surface area contributed by atoms with E-state index < -0.39 is 23.8 Å². The van der Waals surface area contributed by atoms with Crippen molar-refractivity contribution < 1.29 is 27.8 Å². The molecule has 21 heteroatoms. The van der Waals surface area contributed by atoms with Crippen LogP contribution in [0.5, 0.6) is 0 Å². The van der Waals surface area contributed by atoms with Gasteiger partial charge in [-0.2, -0.15) is 0 Å². The second-order valence-corrected chi connectivity index (χ2v) is 15.2. The Morgan fingerprint density at radius 3 is 1.93 bits per heavy atom. The van der Waals surface area contributed by atoms with Gasteiger partial charge in [0.15, 0.2) is 0 Å². The summed E-state index contributed by atoms with van der Waals surface area (Å²) in [5.41, 5.74) is 8.38. The van der Waals surface area contributed by atoms with Crippen LogP contribution >= 0.6 is 0 Å². The van der Waals surface area contributed by atoms with Gasteiger partial charge in [0, 0.05) is 79.6 Å². The minimum absolute atomic E-state index is 0.133. The Bertz CT molecular complexity index is 3260. The molecule has 8 heterocycles. The summed E-state index contributed by atoms with van der Waals surface area (Å²) in [6.07, 6.45) is 11.0. The number of morpholine rings is 1. The summed E-state index contributed by atoms with van der Waals surface area (Å²) in [5, 5.41) is 10.8. The van der Waals surface area contributed by atoms with E-state index in [1.54, 1.807) is 43.8 Å². The van der Waals surface area contributed by atoms with Crippen molar-refractivity contribution >= 4 is 57.7 Å². The van der Waals surface area contributed by atoms with Crippen LogP contribution in [-0.2, 0) is 16.0 Å². The Hall–Kier alpha value is -8.98. The van der Waals surface area contributed by atoms with Crippen LogP contribution in [0, 0.1) is 11.6 Å². The van der Waals surface area contributed by atoms with Crippen molar-refractivity contribution in [3.63, 3.8) is 0 Å². The maximum Gasteiger partial charge on any atom is 0.413 e. The molecule has 10 rings (SSSR count). The molecular formula is C48H43F2N15O4. The molecular weight excluding hydrogens is 889 g/mol. The summed E-state index contributed by atoms with van der Waals surface area (Å²) in [7, 11) is 1.51. The lowest BCUT2D eigenvalue weighted by Crippen LogP contribution is -2.36. The molecule has 9 aromatic rings. The summed E-state index contributed by atoms with van der Waals surface area (Å²) < 4.78 is 39.8. The summed E-state index contributed by atoms with van der Waals surface area (Å²) in [4.78, 5) is 66.8. The molecule has 0 radical (unpaired) electrons. The summed E-state index contributed by atoms with van der Waals surface area (Å²) in [6, 6.07) is 20.4. The number of hydrogen-bond acceptors (Lipinski definition) is 14. The van der Waals surface area contributed by atoms with Crippen molar-refractivity contribution in [1.29, 1.82) is 0 Å². The third-order valence-corrected chi connectivity index (χ3v) is 10.7. The molecule has 0 unspecified atom stereocenters. The number of aromatic nitrogens is 10. The van der Waals surface area contributed by atoms with E-state index in [2.05, 4.69) is 82.1 Å². The fourth-order valence-corrected chi connectivity index (χ4v) is 7.47. The molecule has 1 aliphatic heterocycles. The lowest BCUT2D eigenvalue weighted by Gasteiger charge is -2.28. The van der Waals surface area contributed by atoms with Crippen LogP contribution in [0.1, 0.15) is 12.6 Å². The van der Waals surface area contributed by atoms with Crippen molar-refractivity contribution in [2.45, 2.75) is 13.5 Å². The van der Waals surface area contributed by atoms with E-state index in [-0.39, 0.29) is 29.9 Å². The average molecular weight is 932 g/mol. The third kappa shape index (κ3) is 10.5. The summed E-state index contributed by atoms with van der Waals surface area (Å²) >= 11 is 0. The number of amides is 3. The average Bonchev–Trinajstić information content (AvgIpc) is 3.99. The number of carbonyl (C=O) groups is 2. The molecule has 0 spiro atoms. The van der Waals surface area contributed by atoms with Gasteiger partial charge in [0.2, 0.25) is 17.8 Å². The maximum absolute atomic E-state index is 14.7.